The molecule has 0 fully saturated rings. The number of alkyl halides is 3. The van der Waals surface area contributed by atoms with Crippen LogP contribution in [0.4, 0.5) is 18.9 Å². The first kappa shape index (κ1) is 21.6. The number of anilines is 1. The number of carbonyl (C=O) groups is 1. The Hall–Kier alpha value is -3.60. The van der Waals surface area contributed by atoms with Gasteiger partial charge in [-0.2, -0.15) is 13.2 Å². The van der Waals surface area contributed by atoms with Crippen molar-refractivity contribution in [3.05, 3.63) is 76.1 Å². The van der Waals surface area contributed by atoms with E-state index in [1.165, 1.54) is 22.7 Å². The summed E-state index contributed by atoms with van der Waals surface area (Å²) in [6, 6.07) is 13.2. The van der Waals surface area contributed by atoms with Gasteiger partial charge in [0.05, 0.1) is 11.3 Å². The van der Waals surface area contributed by atoms with Crippen LogP contribution in [-0.4, -0.2) is 31.2 Å². The summed E-state index contributed by atoms with van der Waals surface area (Å²) in [7, 11) is 0. The van der Waals surface area contributed by atoms with E-state index in [-0.39, 0.29) is 17.0 Å². The van der Waals surface area contributed by atoms with Gasteiger partial charge in [0.15, 0.2) is 16.6 Å². The van der Waals surface area contributed by atoms with Crippen molar-refractivity contribution in [1.29, 1.82) is 0 Å². The highest BCUT2D eigenvalue weighted by Gasteiger charge is 2.30. The number of hydrogen-bond acceptors (Lipinski definition) is 5. The minimum atomic E-state index is -4.51. The second kappa shape index (κ2) is 8.50. The van der Waals surface area contributed by atoms with Crippen LogP contribution in [0.2, 0.25) is 0 Å². The van der Waals surface area contributed by atoms with Crippen molar-refractivity contribution in [1.82, 2.24) is 19.6 Å². The van der Waals surface area contributed by atoms with Crippen LogP contribution in [0.1, 0.15) is 11.1 Å². The van der Waals surface area contributed by atoms with Gasteiger partial charge in [0.25, 0.3) is 5.56 Å². The molecule has 2 N–H and O–H groups in total. The van der Waals surface area contributed by atoms with Gasteiger partial charge >= 0.3 is 6.18 Å². The van der Waals surface area contributed by atoms with Crippen LogP contribution < -0.4 is 10.9 Å². The average Bonchev–Trinajstić information content (AvgIpc) is 3.12. The molecule has 2 aromatic carbocycles. The highest BCUT2D eigenvalue weighted by Crippen LogP contribution is 2.30. The molecular formula is C21H16F3N5O2S. The van der Waals surface area contributed by atoms with Crippen LogP contribution in [0.15, 0.2) is 64.5 Å². The van der Waals surface area contributed by atoms with E-state index >= 15 is 0 Å². The molecule has 0 saturated carbocycles. The number of rotatable bonds is 5. The molecule has 2 heterocycles. The Bertz CT molecular complexity index is 1360. The lowest BCUT2D eigenvalue weighted by molar-refractivity contribution is -0.137. The summed E-state index contributed by atoms with van der Waals surface area (Å²) in [5.74, 6) is -0.281. The Kier molecular flexibility index (Phi) is 5.74. The molecule has 0 aliphatic heterocycles. The number of benzene rings is 2. The van der Waals surface area contributed by atoms with Crippen molar-refractivity contribution in [2.24, 2.45) is 0 Å². The third kappa shape index (κ3) is 4.83. The molecule has 32 heavy (non-hydrogen) atoms. The molecule has 11 heteroatoms. The van der Waals surface area contributed by atoms with E-state index in [0.717, 1.165) is 35.0 Å². The Labute approximate surface area is 183 Å². The summed E-state index contributed by atoms with van der Waals surface area (Å²) >= 11 is 1.02. The first-order valence-electron chi connectivity index (χ1n) is 9.36. The molecule has 1 amide bonds. The number of hydrogen-bond donors (Lipinski definition) is 2. The number of fused-ring (bicyclic) bond motifs is 1. The second-order valence-corrected chi connectivity index (χ2v) is 7.87. The van der Waals surface area contributed by atoms with Gasteiger partial charge in [-0.1, -0.05) is 41.6 Å². The summed E-state index contributed by atoms with van der Waals surface area (Å²) in [4.78, 5) is 33.0. The number of thioether (sulfide) groups is 1. The van der Waals surface area contributed by atoms with Crippen molar-refractivity contribution < 1.29 is 18.0 Å². The summed E-state index contributed by atoms with van der Waals surface area (Å²) in [6.45, 7) is 1.93. The van der Waals surface area contributed by atoms with Gasteiger partial charge in [0.1, 0.15) is 0 Å². The molecule has 2 aromatic heterocycles. The minimum absolute atomic E-state index is 0.0353. The lowest BCUT2D eigenvalue weighted by Gasteiger charge is -2.10. The third-order valence-electron chi connectivity index (χ3n) is 4.41. The number of aromatic amines is 1. The van der Waals surface area contributed by atoms with Crippen LogP contribution >= 0.6 is 11.8 Å². The zero-order valence-electron chi connectivity index (χ0n) is 16.6. The highest BCUT2D eigenvalue weighted by molar-refractivity contribution is 7.99. The maximum absolute atomic E-state index is 12.9. The van der Waals surface area contributed by atoms with E-state index in [2.05, 4.69) is 20.4 Å². The maximum atomic E-state index is 12.9. The number of aromatic nitrogens is 4. The monoisotopic (exact) mass is 459 g/mol. The van der Waals surface area contributed by atoms with Gasteiger partial charge < -0.3 is 5.32 Å². The standard InChI is InChI=1S/C21H16F3N5O2S/c1-12-4-2-5-13(8-12)19-26-16-10-17(30)28-29(16)20(27-19)32-11-18(31)25-15-7-3-6-14(9-15)21(22,23)24/h2-10H,11H2,1H3,(H,25,31)(H,28,30). The smallest absolute Gasteiger partial charge is 0.325 e. The number of nitrogens with zero attached hydrogens (tertiary/aromatic N) is 3. The van der Waals surface area contributed by atoms with Crippen LogP contribution in [-0.2, 0) is 11.0 Å². The average molecular weight is 459 g/mol. The van der Waals surface area contributed by atoms with E-state index < -0.39 is 17.6 Å². The van der Waals surface area contributed by atoms with Gasteiger partial charge in [-0.3, -0.25) is 14.7 Å². The molecule has 0 saturated heterocycles. The lowest BCUT2D eigenvalue weighted by Crippen LogP contribution is -2.16. The Morgan fingerprint density at radius 3 is 2.66 bits per heavy atom. The predicted molar refractivity (Wildman–Crippen MR) is 115 cm³/mol. The Morgan fingerprint density at radius 1 is 1.12 bits per heavy atom. The van der Waals surface area contributed by atoms with Gasteiger partial charge in [-0.15, -0.1) is 0 Å². The molecule has 0 aliphatic carbocycles. The number of carbonyl (C=O) groups excluding carboxylic acids is 1. The van der Waals surface area contributed by atoms with Crippen molar-refractivity contribution in [2.75, 3.05) is 11.1 Å². The first-order valence-corrected chi connectivity index (χ1v) is 10.3. The molecule has 0 spiro atoms. The molecule has 0 aliphatic rings. The summed E-state index contributed by atoms with van der Waals surface area (Å²) in [5.41, 5.74) is 0.892. The second-order valence-electron chi connectivity index (χ2n) is 6.93. The van der Waals surface area contributed by atoms with Gasteiger partial charge in [-0.25, -0.2) is 14.5 Å². The molecule has 0 bridgehead atoms. The first-order chi connectivity index (χ1) is 15.2. The molecule has 4 aromatic rings. The van der Waals surface area contributed by atoms with E-state index in [0.29, 0.717) is 16.6 Å². The number of aryl methyl sites for hydroxylation is 1. The van der Waals surface area contributed by atoms with E-state index in [1.54, 1.807) is 0 Å². The fraction of sp³-hybridized carbons (Fsp3) is 0.143. The van der Waals surface area contributed by atoms with Crippen molar-refractivity contribution in [3.8, 4) is 11.4 Å². The minimum Gasteiger partial charge on any atom is -0.325 e. The normalized spacial score (nSPS) is 11.6. The molecule has 0 unspecified atom stereocenters. The number of nitrogens with one attached hydrogen (secondary N) is 2. The molecule has 164 valence electrons. The van der Waals surface area contributed by atoms with Crippen molar-refractivity contribution >= 4 is 29.0 Å². The predicted octanol–water partition coefficient (Wildman–Crippen LogP) is 4.14. The SMILES string of the molecule is Cc1cccc(-c2nc(SCC(=O)Nc3cccc(C(F)(F)F)c3)n3[nH]c(=O)cc3n2)c1. The number of halogens is 3. The zero-order valence-corrected chi connectivity index (χ0v) is 17.4. The quantitative estimate of drug-likeness (QED) is 0.438. The molecule has 0 atom stereocenters. The van der Waals surface area contributed by atoms with Crippen molar-refractivity contribution in [3.63, 3.8) is 0 Å². The number of H-pyrrole nitrogens is 1. The van der Waals surface area contributed by atoms with Gasteiger partial charge in [0, 0.05) is 17.3 Å². The largest absolute Gasteiger partial charge is 0.416 e. The Balaban J connectivity index is 1.56. The summed E-state index contributed by atoms with van der Waals surface area (Å²) < 4.78 is 40.0. The summed E-state index contributed by atoms with van der Waals surface area (Å²) in [6.07, 6.45) is -4.51. The van der Waals surface area contributed by atoms with Crippen LogP contribution in [0.5, 0.6) is 0 Å². The topological polar surface area (TPSA) is 92.2 Å². The van der Waals surface area contributed by atoms with Crippen molar-refractivity contribution in [2.45, 2.75) is 18.3 Å². The van der Waals surface area contributed by atoms with Gasteiger partial charge in [-0.05, 0) is 31.2 Å². The Morgan fingerprint density at radius 2 is 1.91 bits per heavy atom. The molecule has 4 rings (SSSR count). The lowest BCUT2D eigenvalue weighted by atomic mass is 10.1. The van der Waals surface area contributed by atoms with Gasteiger partial charge in [0.2, 0.25) is 5.91 Å². The van der Waals surface area contributed by atoms with E-state index in [9.17, 15) is 22.8 Å². The fourth-order valence-electron chi connectivity index (χ4n) is 2.99. The molecule has 7 nitrogen and oxygen atoms in total. The highest BCUT2D eigenvalue weighted by atomic mass is 32.2. The van der Waals surface area contributed by atoms with E-state index in [4.69, 9.17) is 0 Å². The van der Waals surface area contributed by atoms with Crippen LogP contribution in [0.3, 0.4) is 0 Å². The number of amides is 1. The summed E-state index contributed by atoms with van der Waals surface area (Å²) in [5, 5.41) is 5.33. The third-order valence-corrected chi connectivity index (χ3v) is 5.35. The maximum Gasteiger partial charge on any atom is 0.416 e. The molecular weight excluding hydrogens is 443 g/mol. The van der Waals surface area contributed by atoms with Crippen LogP contribution in [0.25, 0.3) is 17.0 Å². The zero-order chi connectivity index (χ0) is 22.9. The molecule has 0 radical (unpaired) electrons. The van der Waals surface area contributed by atoms with E-state index in [1.807, 2.05) is 31.2 Å². The fourth-order valence-corrected chi connectivity index (χ4v) is 3.75. The van der Waals surface area contributed by atoms with Crippen LogP contribution in [0, 0.1) is 6.92 Å².